The minimum Gasteiger partial charge on any atom is -0.0625 e. The van der Waals surface area contributed by atoms with Crippen LogP contribution in [-0.4, -0.2) is 0 Å². The fraction of sp³-hybridized carbons (Fsp3) is 0.333. The second-order valence-electron chi connectivity index (χ2n) is 7.89. The highest BCUT2D eigenvalue weighted by atomic mass is 14.2. The van der Waals surface area contributed by atoms with Gasteiger partial charge in [-0.05, 0) is 69.6 Å². The lowest BCUT2D eigenvalue weighted by atomic mass is 9.82. The van der Waals surface area contributed by atoms with Gasteiger partial charge >= 0.3 is 0 Å². The number of hydrogen-bond acceptors (Lipinski definition) is 0. The minimum atomic E-state index is -3.39. The summed E-state index contributed by atoms with van der Waals surface area (Å²) in [5, 5.41) is 0. The van der Waals surface area contributed by atoms with Crippen LogP contribution in [0.15, 0.2) is 66.7 Å². The first-order valence-electron chi connectivity index (χ1n) is 13.6. The summed E-state index contributed by atoms with van der Waals surface area (Å²) in [5.41, 5.74) is 4.61. The van der Waals surface area contributed by atoms with Gasteiger partial charge in [-0.25, -0.2) is 0 Å². The van der Waals surface area contributed by atoms with Gasteiger partial charge in [-0.1, -0.05) is 95.1 Å². The van der Waals surface area contributed by atoms with Gasteiger partial charge in [-0.2, -0.15) is 0 Å². The van der Waals surface area contributed by atoms with Crippen LogP contribution in [0.5, 0.6) is 0 Å². The standard InChI is InChI=1S/C27H32/c1-19(2)15-22-13-10-14-26(20(22)3)24-16-23(21-11-8-7-9-12-21)17-25(18-24)27(4,5)6/h7-14,16-19H,15H2,1-6H3/i1D3,2D3,15D2,19D. The van der Waals surface area contributed by atoms with Gasteiger partial charge in [0.15, 0.2) is 0 Å². The summed E-state index contributed by atoms with van der Waals surface area (Å²) >= 11 is 0. The normalized spacial score (nSPS) is 18.6. The molecule has 0 spiro atoms. The van der Waals surface area contributed by atoms with E-state index in [0.717, 1.165) is 22.3 Å². The Hall–Kier alpha value is -2.34. The van der Waals surface area contributed by atoms with E-state index in [9.17, 15) is 0 Å². The van der Waals surface area contributed by atoms with Gasteiger partial charge in [0.2, 0.25) is 0 Å². The van der Waals surface area contributed by atoms with E-state index in [1.54, 1.807) is 13.0 Å². The predicted octanol–water partition coefficient (Wildman–Crippen LogP) is 7.83. The topological polar surface area (TPSA) is 0 Å². The molecule has 0 heterocycles. The van der Waals surface area contributed by atoms with Crippen LogP contribution in [0.4, 0.5) is 0 Å². The summed E-state index contributed by atoms with van der Waals surface area (Å²) in [6.45, 7) is 1.17. The van der Waals surface area contributed by atoms with Crippen molar-refractivity contribution in [2.75, 3.05) is 0 Å². The van der Waals surface area contributed by atoms with Crippen LogP contribution >= 0.6 is 0 Å². The second-order valence-corrected chi connectivity index (χ2v) is 7.89. The van der Waals surface area contributed by atoms with Gasteiger partial charge in [-0.15, -0.1) is 0 Å². The molecule has 0 aliphatic carbocycles. The van der Waals surface area contributed by atoms with Crippen LogP contribution in [0.1, 0.15) is 63.5 Å². The molecule has 27 heavy (non-hydrogen) atoms. The van der Waals surface area contributed by atoms with Gasteiger partial charge in [0.25, 0.3) is 0 Å². The third kappa shape index (κ3) is 4.50. The summed E-state index contributed by atoms with van der Waals surface area (Å²) in [6, 6.07) is 20.8. The Morgan fingerprint density at radius 2 is 1.59 bits per heavy atom. The molecule has 0 aromatic heterocycles. The van der Waals surface area contributed by atoms with Crippen LogP contribution in [-0.2, 0) is 11.8 Å². The fourth-order valence-electron chi connectivity index (χ4n) is 3.23. The Labute approximate surface area is 177 Å². The first kappa shape index (κ1) is 10.9. The summed E-state index contributed by atoms with van der Waals surface area (Å²) in [6.07, 6.45) is -2.99. The third-order valence-electron chi connectivity index (χ3n) is 4.81. The summed E-state index contributed by atoms with van der Waals surface area (Å²) < 4.78 is 72.7. The maximum Gasteiger partial charge on any atom is 0.0319 e. The molecule has 0 saturated carbocycles. The molecular formula is C27H32. The highest BCUT2D eigenvalue weighted by molar-refractivity contribution is 5.76. The van der Waals surface area contributed by atoms with E-state index in [1.165, 1.54) is 6.07 Å². The van der Waals surface area contributed by atoms with Crippen molar-refractivity contribution in [1.29, 1.82) is 0 Å². The maximum atomic E-state index is 8.71. The average Bonchev–Trinajstić information content (AvgIpc) is 2.76. The molecule has 3 aromatic carbocycles. The summed E-state index contributed by atoms with van der Waals surface area (Å²) in [7, 11) is 0. The van der Waals surface area contributed by atoms with Gasteiger partial charge < -0.3 is 0 Å². The van der Waals surface area contributed by atoms with E-state index in [-0.39, 0.29) is 11.0 Å². The lowest BCUT2D eigenvalue weighted by Gasteiger charge is -2.22. The van der Waals surface area contributed by atoms with Gasteiger partial charge in [-0.3, -0.25) is 0 Å². The van der Waals surface area contributed by atoms with Gasteiger partial charge in [0.1, 0.15) is 0 Å². The maximum absolute atomic E-state index is 8.71. The largest absolute Gasteiger partial charge is 0.0625 e. The number of rotatable bonds is 4. The molecule has 0 amide bonds. The van der Waals surface area contributed by atoms with E-state index in [4.69, 9.17) is 12.3 Å². The summed E-state index contributed by atoms with van der Waals surface area (Å²) in [5.74, 6) is -3.36. The predicted molar refractivity (Wildman–Crippen MR) is 119 cm³/mol. The highest BCUT2D eigenvalue weighted by Crippen LogP contribution is 2.35. The fourth-order valence-corrected chi connectivity index (χ4v) is 3.23. The van der Waals surface area contributed by atoms with E-state index >= 15 is 0 Å². The molecule has 0 fully saturated rings. The molecule has 0 heteroatoms. The molecule has 0 nitrogen and oxygen atoms in total. The Morgan fingerprint density at radius 3 is 2.26 bits per heavy atom. The van der Waals surface area contributed by atoms with E-state index in [2.05, 4.69) is 26.8 Å². The summed E-state index contributed by atoms with van der Waals surface area (Å²) in [4.78, 5) is 0. The molecule has 0 atom stereocenters. The number of benzene rings is 3. The average molecular weight is 366 g/mol. The smallest absolute Gasteiger partial charge is 0.0319 e. The third-order valence-corrected chi connectivity index (χ3v) is 4.81. The molecule has 3 aromatic rings. The molecule has 0 radical (unpaired) electrons. The van der Waals surface area contributed by atoms with Crippen LogP contribution in [0.2, 0.25) is 0 Å². The molecule has 0 aliphatic heterocycles. The zero-order chi connectivity index (χ0) is 27.3. The van der Waals surface area contributed by atoms with Crippen molar-refractivity contribution in [3.8, 4) is 22.3 Å². The van der Waals surface area contributed by atoms with Crippen molar-refractivity contribution in [2.24, 2.45) is 5.89 Å². The number of hydrogen-bond donors (Lipinski definition) is 0. The second kappa shape index (κ2) is 7.72. The van der Waals surface area contributed by atoms with Crippen molar-refractivity contribution < 1.29 is 12.3 Å². The van der Waals surface area contributed by atoms with E-state index < -0.39 is 26.0 Å². The van der Waals surface area contributed by atoms with Crippen molar-refractivity contribution >= 4 is 0 Å². The monoisotopic (exact) mass is 365 g/mol. The van der Waals surface area contributed by atoms with Gasteiger partial charge in [0.05, 0.1) is 0 Å². The van der Waals surface area contributed by atoms with Crippen molar-refractivity contribution in [1.82, 2.24) is 0 Å². The Bertz CT molecular complexity index is 1220. The lowest BCUT2D eigenvalue weighted by Crippen LogP contribution is -2.11. The minimum absolute atomic E-state index is 0.121. The molecular weight excluding hydrogens is 324 g/mol. The molecule has 140 valence electrons. The Morgan fingerprint density at radius 1 is 0.889 bits per heavy atom. The van der Waals surface area contributed by atoms with Crippen molar-refractivity contribution in [3.63, 3.8) is 0 Å². The van der Waals surface area contributed by atoms with Crippen molar-refractivity contribution in [3.05, 3.63) is 83.4 Å². The zero-order valence-electron chi connectivity index (χ0n) is 25.4. The first-order valence-corrected chi connectivity index (χ1v) is 9.14. The zero-order valence-corrected chi connectivity index (χ0v) is 16.4. The Kier molecular flexibility index (Phi) is 3.11. The molecule has 0 bridgehead atoms. The SMILES string of the molecule is [2H]C([2H])([2H])C([2H])(C([2H])([2H])[2H])C([2H])([2H])c1cccc(-c2cc(-c3ccccc3)cc(C(C)(C)C)c2)c1C. The molecule has 0 N–H and O–H groups in total. The molecule has 0 aliphatic rings. The van der Waals surface area contributed by atoms with E-state index in [0.29, 0.717) is 11.1 Å². The quantitative estimate of drug-likeness (QED) is 0.442. The lowest BCUT2D eigenvalue weighted by molar-refractivity contribution is 0.590. The first-order chi connectivity index (χ1) is 16.3. The highest BCUT2D eigenvalue weighted by Gasteiger charge is 2.17. The van der Waals surface area contributed by atoms with Crippen LogP contribution in [0.25, 0.3) is 22.3 Å². The van der Waals surface area contributed by atoms with Crippen LogP contribution in [0.3, 0.4) is 0 Å². The van der Waals surface area contributed by atoms with Gasteiger partial charge in [0, 0.05) is 12.3 Å². The molecule has 0 saturated heterocycles. The Balaban J connectivity index is 2.30. The van der Waals surface area contributed by atoms with Crippen LogP contribution < -0.4 is 0 Å². The van der Waals surface area contributed by atoms with Crippen molar-refractivity contribution in [2.45, 2.75) is 53.2 Å². The molecule has 3 rings (SSSR count). The van der Waals surface area contributed by atoms with Crippen LogP contribution in [0, 0.1) is 12.8 Å². The van der Waals surface area contributed by atoms with E-state index in [1.807, 2.05) is 48.5 Å². The molecule has 0 unspecified atom stereocenters.